The Morgan fingerprint density at radius 2 is 2.12 bits per heavy atom. The number of urea groups is 1. The van der Waals surface area contributed by atoms with Gasteiger partial charge in [-0.05, 0) is 46.5 Å². The summed E-state index contributed by atoms with van der Waals surface area (Å²) in [5.74, 6) is 0.138. The molecule has 0 bridgehead atoms. The summed E-state index contributed by atoms with van der Waals surface area (Å²) in [4.78, 5) is 26.4. The van der Waals surface area contributed by atoms with Crippen molar-refractivity contribution >= 4 is 17.7 Å². The minimum atomic E-state index is -0.925. The number of nitrogens with one attached hydrogen (secondary N) is 1. The molecule has 0 aromatic carbocycles. The maximum atomic E-state index is 12.5. The summed E-state index contributed by atoms with van der Waals surface area (Å²) >= 11 is 0. The second-order valence-corrected chi connectivity index (χ2v) is 6.94. The second-order valence-electron chi connectivity index (χ2n) is 6.94. The highest BCUT2D eigenvalue weighted by molar-refractivity contribution is 5.89. The number of esters is 1. The predicted octanol–water partition coefficient (Wildman–Crippen LogP) is 2.83. The number of carbonyl (C=O) groups is 2. The number of carbonyl (C=O) groups excluding carboxylic acids is 2. The van der Waals surface area contributed by atoms with E-state index in [-0.39, 0.29) is 18.0 Å². The Morgan fingerprint density at radius 3 is 2.79 bits per heavy atom. The summed E-state index contributed by atoms with van der Waals surface area (Å²) in [5, 5.41) is 7.08. The summed E-state index contributed by atoms with van der Waals surface area (Å²) in [6.45, 7) is 10.6. The van der Waals surface area contributed by atoms with Gasteiger partial charge in [-0.2, -0.15) is 5.10 Å². The topological polar surface area (TPSA) is 76.5 Å². The first-order chi connectivity index (χ1) is 11.3. The Balaban J connectivity index is 2.05. The van der Waals surface area contributed by atoms with Gasteiger partial charge in [-0.25, -0.2) is 9.59 Å². The number of amides is 2. The van der Waals surface area contributed by atoms with Crippen LogP contribution in [0.5, 0.6) is 0 Å². The van der Waals surface area contributed by atoms with Crippen LogP contribution in [-0.4, -0.2) is 45.9 Å². The summed E-state index contributed by atoms with van der Waals surface area (Å²) in [6.07, 6.45) is 5.38. The molecule has 2 unspecified atom stereocenters. The molecule has 0 aliphatic carbocycles. The van der Waals surface area contributed by atoms with E-state index in [1.807, 2.05) is 4.90 Å². The summed E-state index contributed by atoms with van der Waals surface area (Å²) in [6, 6.07) is 0.0901. The molecule has 7 heteroatoms. The van der Waals surface area contributed by atoms with Crippen LogP contribution < -0.4 is 5.32 Å². The third kappa shape index (κ3) is 3.71. The highest BCUT2D eigenvalue weighted by atomic mass is 16.5. The van der Waals surface area contributed by atoms with Crippen LogP contribution in [0.4, 0.5) is 10.5 Å². The van der Waals surface area contributed by atoms with Crippen LogP contribution in [0, 0.1) is 5.92 Å². The molecule has 1 aliphatic rings. The molecule has 1 aromatic heterocycles. The fraction of sp³-hybridized carbons (Fsp3) is 0.706. The Bertz CT molecular complexity index is 596. The van der Waals surface area contributed by atoms with Gasteiger partial charge in [0.15, 0.2) is 5.54 Å². The van der Waals surface area contributed by atoms with Gasteiger partial charge in [0.2, 0.25) is 0 Å². The molecule has 2 rings (SSSR count). The number of rotatable bonds is 4. The summed E-state index contributed by atoms with van der Waals surface area (Å²) in [5.41, 5.74) is -0.353. The molecule has 24 heavy (non-hydrogen) atoms. The lowest BCUT2D eigenvalue weighted by Gasteiger charge is -2.37. The number of piperidine rings is 1. The van der Waals surface area contributed by atoms with Gasteiger partial charge >= 0.3 is 12.0 Å². The summed E-state index contributed by atoms with van der Waals surface area (Å²) < 4.78 is 6.59. The van der Waals surface area contributed by atoms with Gasteiger partial charge in [-0.3, -0.25) is 4.68 Å². The average Bonchev–Trinajstić information content (AvgIpc) is 2.99. The van der Waals surface area contributed by atoms with E-state index in [1.165, 1.54) is 4.68 Å². The fourth-order valence-electron chi connectivity index (χ4n) is 2.91. The van der Waals surface area contributed by atoms with E-state index in [4.69, 9.17) is 4.74 Å². The molecule has 134 valence electrons. The standard InChI is InChI=1S/C17H28N4O3/c1-6-24-15(22)17(4,5)21-11-14(10-18-21)19-16(23)20-9-7-8-12(2)13(20)3/h10-13H,6-9H2,1-5H3,(H,19,23). The van der Waals surface area contributed by atoms with Crippen molar-refractivity contribution in [2.24, 2.45) is 5.92 Å². The van der Waals surface area contributed by atoms with Crippen LogP contribution in [0.3, 0.4) is 0 Å². The lowest BCUT2D eigenvalue weighted by Crippen LogP contribution is -2.47. The third-order valence-corrected chi connectivity index (χ3v) is 4.82. The number of anilines is 1. The molecule has 1 aromatic rings. The Labute approximate surface area is 143 Å². The normalized spacial score (nSPS) is 21.5. The Morgan fingerprint density at radius 1 is 1.42 bits per heavy atom. The molecular formula is C17H28N4O3. The van der Waals surface area contributed by atoms with Gasteiger partial charge in [0.1, 0.15) is 0 Å². The molecule has 1 N–H and O–H groups in total. The van der Waals surface area contributed by atoms with Gasteiger partial charge in [0.25, 0.3) is 0 Å². The zero-order chi connectivity index (χ0) is 17.9. The van der Waals surface area contributed by atoms with Crippen molar-refractivity contribution in [3.8, 4) is 0 Å². The molecule has 0 spiro atoms. The maximum absolute atomic E-state index is 12.5. The molecule has 0 radical (unpaired) electrons. The number of likely N-dealkylation sites (tertiary alicyclic amines) is 1. The van der Waals surface area contributed by atoms with Crippen molar-refractivity contribution in [3.05, 3.63) is 12.4 Å². The Hall–Kier alpha value is -2.05. The Kier molecular flexibility index (Phi) is 5.51. The van der Waals surface area contributed by atoms with Crippen molar-refractivity contribution in [2.45, 2.75) is 59.0 Å². The van der Waals surface area contributed by atoms with Crippen LogP contribution in [0.1, 0.15) is 47.5 Å². The minimum absolute atomic E-state index is 0.123. The van der Waals surface area contributed by atoms with E-state index in [1.54, 1.807) is 33.2 Å². The van der Waals surface area contributed by atoms with E-state index in [0.717, 1.165) is 19.4 Å². The van der Waals surface area contributed by atoms with E-state index in [0.29, 0.717) is 18.2 Å². The molecule has 2 amide bonds. The molecule has 1 saturated heterocycles. The zero-order valence-corrected chi connectivity index (χ0v) is 15.2. The SMILES string of the molecule is CCOC(=O)C(C)(C)n1cc(NC(=O)N2CCCC(C)C2C)cn1. The number of ether oxygens (including phenoxy) is 1. The van der Waals surface area contributed by atoms with Crippen molar-refractivity contribution in [1.82, 2.24) is 14.7 Å². The number of nitrogens with zero attached hydrogens (tertiary/aromatic N) is 3. The van der Waals surface area contributed by atoms with Crippen LogP contribution >= 0.6 is 0 Å². The first-order valence-corrected chi connectivity index (χ1v) is 8.57. The van der Waals surface area contributed by atoms with Crippen LogP contribution in [0.2, 0.25) is 0 Å². The average molecular weight is 336 g/mol. The van der Waals surface area contributed by atoms with Crippen molar-refractivity contribution in [1.29, 1.82) is 0 Å². The highest BCUT2D eigenvalue weighted by Crippen LogP contribution is 2.24. The number of aromatic nitrogens is 2. The monoisotopic (exact) mass is 336 g/mol. The van der Waals surface area contributed by atoms with Crippen LogP contribution in [-0.2, 0) is 15.1 Å². The summed E-state index contributed by atoms with van der Waals surface area (Å²) in [7, 11) is 0. The van der Waals surface area contributed by atoms with Crippen molar-refractivity contribution < 1.29 is 14.3 Å². The van der Waals surface area contributed by atoms with Crippen molar-refractivity contribution in [2.75, 3.05) is 18.5 Å². The smallest absolute Gasteiger partial charge is 0.333 e. The number of hydrogen-bond donors (Lipinski definition) is 1. The van der Waals surface area contributed by atoms with Gasteiger partial charge in [0.05, 0.1) is 18.5 Å². The first kappa shape index (κ1) is 18.3. The maximum Gasteiger partial charge on any atom is 0.333 e. The van der Waals surface area contributed by atoms with Gasteiger partial charge in [0, 0.05) is 18.8 Å². The quantitative estimate of drug-likeness (QED) is 0.858. The second kappa shape index (κ2) is 7.23. The van der Waals surface area contributed by atoms with Crippen LogP contribution in [0.15, 0.2) is 12.4 Å². The molecule has 0 saturated carbocycles. The molecular weight excluding hydrogens is 308 g/mol. The molecule has 1 aliphatic heterocycles. The van der Waals surface area contributed by atoms with E-state index in [9.17, 15) is 9.59 Å². The third-order valence-electron chi connectivity index (χ3n) is 4.82. The van der Waals surface area contributed by atoms with Gasteiger partial charge in [-0.1, -0.05) is 6.92 Å². The lowest BCUT2D eigenvalue weighted by atomic mass is 9.92. The molecule has 2 heterocycles. The van der Waals surface area contributed by atoms with Gasteiger partial charge < -0.3 is 15.0 Å². The fourth-order valence-corrected chi connectivity index (χ4v) is 2.91. The largest absolute Gasteiger partial charge is 0.464 e. The minimum Gasteiger partial charge on any atom is -0.464 e. The van der Waals surface area contributed by atoms with E-state index < -0.39 is 5.54 Å². The number of hydrogen-bond acceptors (Lipinski definition) is 4. The van der Waals surface area contributed by atoms with Crippen LogP contribution in [0.25, 0.3) is 0 Å². The molecule has 1 fully saturated rings. The molecule has 7 nitrogen and oxygen atoms in total. The van der Waals surface area contributed by atoms with E-state index in [2.05, 4.69) is 24.3 Å². The lowest BCUT2D eigenvalue weighted by molar-refractivity contribution is -0.152. The van der Waals surface area contributed by atoms with Gasteiger partial charge in [-0.15, -0.1) is 0 Å². The van der Waals surface area contributed by atoms with Crippen molar-refractivity contribution in [3.63, 3.8) is 0 Å². The molecule has 2 atom stereocenters. The first-order valence-electron chi connectivity index (χ1n) is 8.57. The predicted molar refractivity (Wildman–Crippen MR) is 91.8 cm³/mol. The zero-order valence-electron chi connectivity index (χ0n) is 15.2. The highest BCUT2D eigenvalue weighted by Gasteiger charge is 2.33. The van der Waals surface area contributed by atoms with E-state index >= 15 is 0 Å².